The van der Waals surface area contributed by atoms with E-state index >= 15 is 0 Å². The number of rotatable bonds is 15. The molecule has 4 aromatic rings. The third-order valence-electron chi connectivity index (χ3n) is 7.85. The van der Waals surface area contributed by atoms with Crippen LogP contribution in [0.25, 0.3) is 0 Å². The zero-order chi connectivity index (χ0) is 36.6. The monoisotopic (exact) mass is 784 g/mol. The highest BCUT2D eigenvalue weighted by molar-refractivity contribution is 9.10. The number of carbonyl (C=O) groups is 2. The van der Waals surface area contributed by atoms with Crippen LogP contribution in [-0.2, 0) is 32.6 Å². The van der Waals surface area contributed by atoms with Gasteiger partial charge in [-0.3, -0.25) is 24.0 Å². The van der Waals surface area contributed by atoms with Crippen LogP contribution in [0.4, 0.5) is 11.4 Å². The molecule has 14 heteroatoms. The summed E-state index contributed by atoms with van der Waals surface area (Å²) >= 11 is 9.82. The van der Waals surface area contributed by atoms with E-state index in [2.05, 4.69) is 21.2 Å². The summed E-state index contributed by atoms with van der Waals surface area (Å²) in [5, 5.41) is 14.9. The largest absolute Gasteiger partial charge is 0.495 e. The number of amides is 2. The molecular formula is C36H38BrClN4O7S. The fourth-order valence-electron chi connectivity index (χ4n) is 5.25. The molecule has 0 aliphatic heterocycles. The first-order valence-corrected chi connectivity index (χ1v) is 18.3. The Morgan fingerprint density at radius 3 is 2.32 bits per heavy atom. The van der Waals surface area contributed by atoms with Crippen LogP contribution < -0.4 is 14.4 Å². The van der Waals surface area contributed by atoms with Crippen LogP contribution in [0.2, 0.25) is 5.02 Å². The molecule has 0 aromatic heterocycles. The fraction of sp³-hybridized carbons (Fsp3) is 0.278. The van der Waals surface area contributed by atoms with Crippen molar-refractivity contribution in [2.45, 2.75) is 44.7 Å². The second kappa shape index (κ2) is 17.0. The Labute approximate surface area is 305 Å². The minimum absolute atomic E-state index is 0.0402. The minimum atomic E-state index is -4.68. The van der Waals surface area contributed by atoms with Crippen LogP contribution in [0.3, 0.4) is 0 Å². The number of hydrogen-bond donors (Lipinski definition) is 1. The summed E-state index contributed by atoms with van der Waals surface area (Å²) in [6.45, 7) is 4.92. The molecule has 2 amide bonds. The summed E-state index contributed by atoms with van der Waals surface area (Å²) in [6, 6.07) is 23.2. The summed E-state index contributed by atoms with van der Waals surface area (Å²) in [4.78, 5) is 40.8. The molecule has 1 N–H and O–H groups in total. The Bertz CT molecular complexity index is 1960. The number of carbonyl (C=O) groups excluding carboxylic acids is 2. The van der Waals surface area contributed by atoms with E-state index in [-0.39, 0.29) is 40.9 Å². The van der Waals surface area contributed by atoms with Crippen molar-refractivity contribution in [3.05, 3.63) is 127 Å². The van der Waals surface area contributed by atoms with Gasteiger partial charge in [0.15, 0.2) is 0 Å². The lowest BCUT2D eigenvalue weighted by molar-refractivity contribution is -0.385. The highest BCUT2D eigenvalue weighted by Gasteiger charge is 2.36. The topological polar surface area (TPSA) is 139 Å². The molecule has 0 saturated heterocycles. The van der Waals surface area contributed by atoms with E-state index in [1.54, 1.807) is 12.1 Å². The lowest BCUT2D eigenvalue weighted by Crippen LogP contribution is -2.53. The van der Waals surface area contributed by atoms with Crippen LogP contribution in [0.15, 0.2) is 100 Å². The molecule has 1 atom stereocenters. The Hall–Kier alpha value is -4.46. The van der Waals surface area contributed by atoms with Crippen LogP contribution in [-0.4, -0.2) is 56.3 Å². The van der Waals surface area contributed by atoms with Crippen molar-refractivity contribution in [1.29, 1.82) is 0 Å². The van der Waals surface area contributed by atoms with Gasteiger partial charge in [0, 0.05) is 40.6 Å². The predicted octanol–water partition coefficient (Wildman–Crippen LogP) is 6.94. The minimum Gasteiger partial charge on any atom is -0.495 e. The SMILES string of the molecule is COc1ccc(Cl)cc1N(CC(=O)N(Cc1cccc(Br)c1)C(Cc1ccccc1)C(=O)NCC(C)C)S(=O)(=O)c1ccc(C)c([N+](=O)[O-])c1. The zero-order valence-corrected chi connectivity index (χ0v) is 31.2. The van der Waals surface area contributed by atoms with Gasteiger partial charge in [-0.1, -0.05) is 89.9 Å². The number of methoxy groups -OCH3 is 1. The molecule has 11 nitrogen and oxygen atoms in total. The van der Waals surface area contributed by atoms with Crippen molar-refractivity contribution in [3.63, 3.8) is 0 Å². The maximum atomic E-state index is 14.7. The first kappa shape index (κ1) is 38.3. The van der Waals surface area contributed by atoms with Gasteiger partial charge in [-0.2, -0.15) is 0 Å². The maximum absolute atomic E-state index is 14.7. The smallest absolute Gasteiger partial charge is 0.273 e. The maximum Gasteiger partial charge on any atom is 0.273 e. The van der Waals surface area contributed by atoms with Crippen molar-refractivity contribution in [2.75, 3.05) is 24.5 Å². The molecule has 4 aromatic carbocycles. The van der Waals surface area contributed by atoms with Crippen molar-refractivity contribution >= 4 is 60.7 Å². The van der Waals surface area contributed by atoms with Gasteiger partial charge in [-0.05, 0) is 60.4 Å². The molecule has 4 rings (SSSR count). The number of sulfonamides is 1. The zero-order valence-electron chi connectivity index (χ0n) is 28.0. The van der Waals surface area contributed by atoms with Crippen molar-refractivity contribution in [3.8, 4) is 5.75 Å². The Morgan fingerprint density at radius 1 is 0.980 bits per heavy atom. The normalized spacial score (nSPS) is 11.9. The van der Waals surface area contributed by atoms with Crippen LogP contribution >= 0.6 is 27.5 Å². The van der Waals surface area contributed by atoms with Gasteiger partial charge in [0.25, 0.3) is 15.7 Å². The molecular weight excluding hydrogens is 748 g/mol. The van der Waals surface area contributed by atoms with Crippen LogP contribution in [0.5, 0.6) is 5.75 Å². The third kappa shape index (κ3) is 9.61. The lowest BCUT2D eigenvalue weighted by Gasteiger charge is -2.34. The summed E-state index contributed by atoms with van der Waals surface area (Å²) in [5.41, 5.74) is 1.26. The number of nitro groups is 1. The van der Waals surface area contributed by atoms with Gasteiger partial charge >= 0.3 is 0 Å². The van der Waals surface area contributed by atoms with Crippen molar-refractivity contribution in [1.82, 2.24) is 10.2 Å². The molecule has 0 radical (unpaired) electrons. The highest BCUT2D eigenvalue weighted by Crippen LogP contribution is 2.36. The first-order chi connectivity index (χ1) is 23.7. The molecule has 0 bridgehead atoms. The highest BCUT2D eigenvalue weighted by atomic mass is 79.9. The second-order valence-electron chi connectivity index (χ2n) is 12.0. The van der Waals surface area contributed by atoms with Gasteiger partial charge in [0.05, 0.1) is 22.6 Å². The number of halogens is 2. The molecule has 0 fully saturated rings. The lowest BCUT2D eigenvalue weighted by atomic mass is 10.0. The van der Waals surface area contributed by atoms with Crippen LogP contribution in [0.1, 0.15) is 30.5 Å². The predicted molar refractivity (Wildman–Crippen MR) is 197 cm³/mol. The Morgan fingerprint density at radius 2 is 1.68 bits per heavy atom. The second-order valence-corrected chi connectivity index (χ2v) is 15.2. The number of nitrogens with one attached hydrogen (secondary N) is 1. The van der Waals surface area contributed by atoms with E-state index in [1.807, 2.05) is 56.3 Å². The molecule has 50 heavy (non-hydrogen) atoms. The quantitative estimate of drug-likeness (QED) is 0.102. The average Bonchev–Trinajstić information content (AvgIpc) is 3.07. The fourth-order valence-corrected chi connectivity index (χ4v) is 7.30. The molecule has 1 unspecified atom stereocenters. The van der Waals surface area contributed by atoms with Gasteiger partial charge < -0.3 is 15.0 Å². The van der Waals surface area contributed by atoms with E-state index < -0.39 is 49.9 Å². The molecule has 0 aliphatic carbocycles. The number of ether oxygens (including phenoxy) is 1. The molecule has 264 valence electrons. The molecule has 0 spiro atoms. The summed E-state index contributed by atoms with van der Waals surface area (Å²) < 4.78 is 36.0. The average molecular weight is 786 g/mol. The number of aryl methyl sites for hydroxylation is 1. The molecule has 0 aliphatic rings. The molecule has 0 heterocycles. The standard InChI is InChI=1S/C36H38BrClN4O7S/c1-24(2)21-39-36(44)33(18-26-9-6-5-7-10-26)40(22-27-11-8-12-28(37)17-27)35(43)23-41(32-19-29(38)14-16-34(32)49-4)50(47,48)30-15-13-25(3)31(20-30)42(45)46/h5-17,19-20,24,33H,18,21-23H2,1-4H3,(H,39,44). The van der Waals surface area contributed by atoms with E-state index in [0.717, 1.165) is 20.4 Å². The van der Waals surface area contributed by atoms with Crippen molar-refractivity contribution in [2.24, 2.45) is 5.92 Å². The number of anilines is 1. The number of benzene rings is 4. The van der Waals surface area contributed by atoms with E-state index in [4.69, 9.17) is 16.3 Å². The number of hydrogen-bond acceptors (Lipinski definition) is 7. The number of nitro benzene ring substituents is 1. The number of nitrogens with zero attached hydrogens (tertiary/aromatic N) is 3. The van der Waals surface area contributed by atoms with Gasteiger partial charge in [-0.15, -0.1) is 0 Å². The Kier molecular flexibility index (Phi) is 13.0. The summed E-state index contributed by atoms with van der Waals surface area (Å²) in [7, 11) is -3.34. The van der Waals surface area contributed by atoms with E-state index in [0.29, 0.717) is 12.1 Å². The molecule has 0 saturated carbocycles. The van der Waals surface area contributed by atoms with E-state index in [1.165, 1.54) is 49.3 Å². The van der Waals surface area contributed by atoms with E-state index in [9.17, 15) is 28.1 Å². The van der Waals surface area contributed by atoms with Crippen LogP contribution in [0, 0.1) is 23.0 Å². The summed E-state index contributed by atoms with van der Waals surface area (Å²) in [5.74, 6) is -0.908. The Balaban J connectivity index is 1.89. The van der Waals surface area contributed by atoms with Crippen molar-refractivity contribution < 1.29 is 27.7 Å². The van der Waals surface area contributed by atoms with Gasteiger partial charge in [-0.25, -0.2) is 8.42 Å². The van der Waals surface area contributed by atoms with Gasteiger partial charge in [0.2, 0.25) is 11.8 Å². The summed E-state index contributed by atoms with van der Waals surface area (Å²) in [6.07, 6.45) is 0.141. The third-order valence-corrected chi connectivity index (χ3v) is 10.3. The first-order valence-electron chi connectivity index (χ1n) is 15.7. The van der Waals surface area contributed by atoms with Gasteiger partial charge in [0.1, 0.15) is 18.3 Å².